The van der Waals surface area contributed by atoms with Gasteiger partial charge in [-0.1, -0.05) is 12.1 Å². The molecular formula is C25H27N7O3. The Balaban J connectivity index is 1.41. The van der Waals surface area contributed by atoms with Gasteiger partial charge < -0.3 is 19.9 Å². The van der Waals surface area contributed by atoms with Gasteiger partial charge in [0.1, 0.15) is 23.3 Å². The van der Waals surface area contributed by atoms with Crippen LogP contribution in [0.3, 0.4) is 0 Å². The minimum absolute atomic E-state index is 0.0159. The number of aromatic nitrogens is 3. The summed E-state index contributed by atoms with van der Waals surface area (Å²) < 4.78 is 7.84. The van der Waals surface area contributed by atoms with Crippen molar-refractivity contribution < 1.29 is 14.3 Å². The number of anilines is 1. The van der Waals surface area contributed by atoms with Crippen molar-refractivity contribution >= 4 is 23.0 Å². The maximum Gasteiger partial charge on any atom is 0.242 e. The lowest BCUT2D eigenvalue weighted by Crippen LogP contribution is -2.48. The molecule has 1 unspecified atom stereocenters. The minimum Gasteiger partial charge on any atom is -0.473 e. The predicted molar refractivity (Wildman–Crippen MR) is 129 cm³/mol. The number of nitrogens with zero attached hydrogens (tertiary/aromatic N) is 6. The second kappa shape index (κ2) is 9.25. The van der Waals surface area contributed by atoms with Crippen molar-refractivity contribution in [1.82, 2.24) is 24.8 Å². The van der Waals surface area contributed by atoms with Crippen molar-refractivity contribution in [1.29, 1.82) is 5.26 Å². The SMILES string of the molecule is CC(=O)N1CCN(c2ccc(-c3cn4ncc(C#N)c4c(O[C@H](C)C4CNC(=O)C4)n3)cc2)CC1. The fourth-order valence-corrected chi connectivity index (χ4v) is 4.64. The van der Waals surface area contributed by atoms with Crippen molar-refractivity contribution in [3.63, 3.8) is 0 Å². The molecule has 2 aromatic heterocycles. The van der Waals surface area contributed by atoms with Crippen LogP contribution in [0, 0.1) is 17.2 Å². The number of nitrogens with one attached hydrogen (secondary N) is 1. The molecule has 2 aliphatic rings. The van der Waals surface area contributed by atoms with E-state index in [0.717, 1.165) is 37.4 Å². The molecule has 0 saturated carbocycles. The number of carbonyl (C=O) groups is 2. The van der Waals surface area contributed by atoms with Gasteiger partial charge in [-0.15, -0.1) is 0 Å². The largest absolute Gasteiger partial charge is 0.473 e. The Morgan fingerprint density at radius 2 is 1.97 bits per heavy atom. The van der Waals surface area contributed by atoms with E-state index in [0.29, 0.717) is 35.6 Å². The summed E-state index contributed by atoms with van der Waals surface area (Å²) in [6.45, 7) is 7.11. The van der Waals surface area contributed by atoms with Crippen LogP contribution in [0.25, 0.3) is 16.8 Å². The molecule has 180 valence electrons. The highest BCUT2D eigenvalue weighted by Gasteiger charge is 2.29. The first-order valence-corrected chi connectivity index (χ1v) is 11.8. The zero-order valence-corrected chi connectivity index (χ0v) is 19.8. The molecule has 4 heterocycles. The molecule has 2 aliphatic heterocycles. The maximum atomic E-state index is 11.6. The van der Waals surface area contributed by atoms with E-state index in [4.69, 9.17) is 9.72 Å². The minimum atomic E-state index is -0.266. The summed E-state index contributed by atoms with van der Waals surface area (Å²) in [5.74, 6) is 0.488. The summed E-state index contributed by atoms with van der Waals surface area (Å²) in [4.78, 5) is 32.1. The van der Waals surface area contributed by atoms with Gasteiger partial charge in [0.05, 0.1) is 18.1 Å². The highest BCUT2D eigenvalue weighted by molar-refractivity contribution is 5.78. The van der Waals surface area contributed by atoms with Gasteiger partial charge in [-0.3, -0.25) is 9.59 Å². The second-order valence-corrected chi connectivity index (χ2v) is 9.03. The molecule has 2 fully saturated rings. The van der Waals surface area contributed by atoms with Crippen molar-refractivity contribution in [2.24, 2.45) is 5.92 Å². The molecule has 35 heavy (non-hydrogen) atoms. The number of carbonyl (C=O) groups excluding carboxylic acids is 2. The summed E-state index contributed by atoms with van der Waals surface area (Å²) in [5, 5.41) is 16.7. The predicted octanol–water partition coefficient (Wildman–Crippen LogP) is 1.84. The molecule has 1 aromatic carbocycles. The van der Waals surface area contributed by atoms with Gasteiger partial charge in [-0.2, -0.15) is 10.4 Å². The normalized spacial score (nSPS) is 18.9. The summed E-state index contributed by atoms with van der Waals surface area (Å²) >= 11 is 0. The molecule has 0 radical (unpaired) electrons. The van der Waals surface area contributed by atoms with Crippen LogP contribution >= 0.6 is 0 Å². The fourth-order valence-electron chi connectivity index (χ4n) is 4.64. The third-order valence-electron chi connectivity index (χ3n) is 6.81. The topological polar surface area (TPSA) is 116 Å². The zero-order valence-electron chi connectivity index (χ0n) is 19.8. The zero-order chi connectivity index (χ0) is 24.5. The number of ether oxygens (including phenoxy) is 1. The number of rotatable bonds is 5. The number of nitriles is 1. The molecule has 5 rings (SSSR count). The average Bonchev–Trinajstić information content (AvgIpc) is 3.50. The maximum absolute atomic E-state index is 11.6. The number of benzene rings is 1. The highest BCUT2D eigenvalue weighted by Crippen LogP contribution is 2.30. The van der Waals surface area contributed by atoms with Crippen LogP contribution in [0.2, 0.25) is 0 Å². The van der Waals surface area contributed by atoms with Crippen molar-refractivity contribution in [3.8, 4) is 23.2 Å². The van der Waals surface area contributed by atoms with Gasteiger partial charge in [0.15, 0.2) is 0 Å². The van der Waals surface area contributed by atoms with E-state index >= 15 is 0 Å². The third-order valence-corrected chi connectivity index (χ3v) is 6.81. The Kier molecular flexibility index (Phi) is 5.99. The van der Waals surface area contributed by atoms with Crippen molar-refractivity contribution in [3.05, 3.63) is 42.2 Å². The first-order valence-electron chi connectivity index (χ1n) is 11.8. The standard InChI is InChI=1S/C25H27N7O3/c1-16(19-11-23(34)27-13-19)35-25-24-20(12-26)14-28-32(24)15-22(29-25)18-3-5-21(6-4-18)31-9-7-30(8-10-31)17(2)33/h3-6,14-16,19H,7-11,13H2,1-2H3,(H,27,34)/t16-,19?/m1/s1. The number of piperazine rings is 1. The molecule has 2 saturated heterocycles. The third kappa shape index (κ3) is 4.49. The molecule has 3 aromatic rings. The number of amides is 2. The van der Waals surface area contributed by atoms with Crippen LogP contribution in [0.15, 0.2) is 36.7 Å². The molecule has 1 N–H and O–H groups in total. The van der Waals surface area contributed by atoms with Gasteiger partial charge in [0.25, 0.3) is 0 Å². The van der Waals surface area contributed by atoms with Crippen molar-refractivity contribution in [2.45, 2.75) is 26.4 Å². The molecule has 2 atom stereocenters. The number of hydrogen-bond acceptors (Lipinski definition) is 7. The molecule has 10 heteroatoms. The van der Waals surface area contributed by atoms with Crippen LogP contribution in [-0.4, -0.2) is 70.1 Å². The van der Waals surface area contributed by atoms with E-state index in [1.807, 2.05) is 36.1 Å². The lowest BCUT2D eigenvalue weighted by molar-refractivity contribution is -0.129. The highest BCUT2D eigenvalue weighted by atomic mass is 16.5. The van der Waals surface area contributed by atoms with E-state index in [-0.39, 0.29) is 23.8 Å². The van der Waals surface area contributed by atoms with E-state index in [1.54, 1.807) is 17.6 Å². The van der Waals surface area contributed by atoms with E-state index < -0.39 is 0 Å². The molecule has 0 aliphatic carbocycles. The molecule has 10 nitrogen and oxygen atoms in total. The molecule has 0 spiro atoms. The molecule has 2 amide bonds. The Morgan fingerprint density at radius 3 is 2.60 bits per heavy atom. The van der Waals surface area contributed by atoms with Crippen LogP contribution in [0.1, 0.15) is 25.8 Å². The van der Waals surface area contributed by atoms with Crippen LogP contribution in [0.5, 0.6) is 5.88 Å². The van der Waals surface area contributed by atoms with Crippen LogP contribution in [-0.2, 0) is 9.59 Å². The Bertz CT molecular complexity index is 1300. The first kappa shape index (κ1) is 22.7. The summed E-state index contributed by atoms with van der Waals surface area (Å²) in [6, 6.07) is 10.3. The lowest BCUT2D eigenvalue weighted by Gasteiger charge is -2.35. The molecule has 0 bridgehead atoms. The van der Waals surface area contributed by atoms with E-state index in [2.05, 4.69) is 21.4 Å². The monoisotopic (exact) mass is 473 g/mol. The van der Waals surface area contributed by atoms with Crippen molar-refractivity contribution in [2.75, 3.05) is 37.6 Å². The van der Waals surface area contributed by atoms with Crippen LogP contribution < -0.4 is 15.0 Å². The van der Waals surface area contributed by atoms with E-state index in [9.17, 15) is 14.9 Å². The smallest absolute Gasteiger partial charge is 0.242 e. The molecular weight excluding hydrogens is 446 g/mol. The number of fused-ring (bicyclic) bond motifs is 1. The van der Waals surface area contributed by atoms with E-state index in [1.165, 1.54) is 6.20 Å². The quantitative estimate of drug-likeness (QED) is 0.601. The second-order valence-electron chi connectivity index (χ2n) is 9.03. The van der Waals surface area contributed by atoms with Crippen LogP contribution in [0.4, 0.5) is 5.69 Å². The Labute approximate surface area is 203 Å². The first-order chi connectivity index (χ1) is 16.9. The summed E-state index contributed by atoms with van der Waals surface area (Å²) in [6.07, 6.45) is 3.43. The van der Waals surface area contributed by atoms with Gasteiger partial charge in [-0.05, 0) is 19.1 Å². The van der Waals surface area contributed by atoms with Gasteiger partial charge >= 0.3 is 0 Å². The average molecular weight is 474 g/mol. The summed E-state index contributed by atoms with van der Waals surface area (Å²) in [5.41, 5.74) is 3.54. The summed E-state index contributed by atoms with van der Waals surface area (Å²) in [7, 11) is 0. The fraction of sp³-hybridized carbons (Fsp3) is 0.400. The lowest BCUT2D eigenvalue weighted by atomic mass is 10.0. The van der Waals surface area contributed by atoms with Gasteiger partial charge in [-0.25, -0.2) is 9.50 Å². The Morgan fingerprint density at radius 1 is 1.23 bits per heavy atom. The van der Waals surface area contributed by atoms with Gasteiger partial charge in [0.2, 0.25) is 17.7 Å². The van der Waals surface area contributed by atoms with Gasteiger partial charge in [0, 0.05) is 63.2 Å². The Hall–Kier alpha value is -4.13. The number of hydrogen-bond donors (Lipinski definition) is 1.